The molecular weight excluding hydrogens is 489 g/mol. The maximum Gasteiger partial charge on any atom is 0.313 e. The van der Waals surface area contributed by atoms with Gasteiger partial charge in [0.15, 0.2) is 0 Å². The summed E-state index contributed by atoms with van der Waals surface area (Å²) < 4.78 is 11.2. The van der Waals surface area contributed by atoms with Crippen molar-refractivity contribution in [1.82, 2.24) is 4.90 Å². The summed E-state index contributed by atoms with van der Waals surface area (Å²) in [5.74, 6) is 0.137. The number of fused-ring (bicyclic) bond motifs is 1. The zero-order chi connectivity index (χ0) is 26.4. The Morgan fingerprint density at radius 1 is 1.22 bits per heavy atom. The third kappa shape index (κ3) is 4.49. The number of hydrogen-bond acceptors (Lipinski definition) is 7. The molecule has 3 aliphatic heterocycles. The average molecular weight is 516 g/mol. The lowest BCUT2D eigenvalue weighted by Crippen LogP contribution is -2.41. The molecule has 4 N–H and O–H groups in total. The van der Waals surface area contributed by atoms with Crippen molar-refractivity contribution in [2.24, 2.45) is 4.99 Å². The predicted octanol–water partition coefficient (Wildman–Crippen LogP) is 4.35. The molecular formula is C27H27BClN5O3. The number of esters is 1. The van der Waals surface area contributed by atoms with Gasteiger partial charge in [-0.3, -0.25) is 25.5 Å². The van der Waals surface area contributed by atoms with Crippen LogP contribution in [0.4, 0.5) is 5.69 Å². The number of amidine groups is 2. The number of rotatable bonds is 4. The second-order valence-corrected chi connectivity index (χ2v) is 9.93. The van der Waals surface area contributed by atoms with E-state index in [1.807, 2.05) is 26.0 Å². The SMILES string of the molecule is CC(=N)N1C(=N)[C@H](CC(=O)Oc2ccc(N)c3c2COC3)N=C(c2ccc(Cl)cc2)C2=C1BC(C)=C2C. The third-order valence-electron chi connectivity index (χ3n) is 7.04. The quantitative estimate of drug-likeness (QED) is 0.139. The normalized spacial score (nSPS) is 18.8. The highest BCUT2D eigenvalue weighted by atomic mass is 35.5. The van der Waals surface area contributed by atoms with Crippen LogP contribution in [0, 0.1) is 10.8 Å². The van der Waals surface area contributed by atoms with Crippen molar-refractivity contribution in [1.29, 1.82) is 10.8 Å². The number of nitrogens with zero attached hydrogens (tertiary/aromatic N) is 2. The van der Waals surface area contributed by atoms with Crippen molar-refractivity contribution in [2.75, 3.05) is 5.73 Å². The summed E-state index contributed by atoms with van der Waals surface area (Å²) in [7, 11) is 0.598. The van der Waals surface area contributed by atoms with E-state index in [-0.39, 0.29) is 18.1 Å². The molecule has 0 amide bonds. The predicted molar refractivity (Wildman–Crippen MR) is 147 cm³/mol. The Bertz CT molecular complexity index is 1440. The molecule has 8 nitrogen and oxygen atoms in total. The zero-order valence-electron chi connectivity index (χ0n) is 20.9. The van der Waals surface area contributed by atoms with E-state index in [0.717, 1.165) is 38.9 Å². The number of hydrogen-bond donors (Lipinski definition) is 3. The van der Waals surface area contributed by atoms with E-state index in [1.165, 1.54) is 0 Å². The Morgan fingerprint density at radius 2 is 1.92 bits per heavy atom. The van der Waals surface area contributed by atoms with Gasteiger partial charge in [0, 0.05) is 33.0 Å². The van der Waals surface area contributed by atoms with Gasteiger partial charge in [0.25, 0.3) is 0 Å². The van der Waals surface area contributed by atoms with Gasteiger partial charge >= 0.3 is 5.97 Å². The van der Waals surface area contributed by atoms with Gasteiger partial charge in [-0.2, -0.15) is 0 Å². The second-order valence-electron chi connectivity index (χ2n) is 9.49. The van der Waals surface area contributed by atoms with Crippen molar-refractivity contribution in [2.45, 2.75) is 46.4 Å². The van der Waals surface area contributed by atoms with Crippen molar-refractivity contribution < 1.29 is 14.3 Å². The summed E-state index contributed by atoms with van der Waals surface area (Å²) in [6.07, 6.45) is -0.165. The molecule has 10 heteroatoms. The molecule has 5 rings (SSSR count). The number of nitrogen functional groups attached to an aromatic ring is 1. The topological polar surface area (TPSA) is 125 Å². The van der Waals surface area contributed by atoms with Crippen molar-refractivity contribution >= 4 is 47.9 Å². The number of allylic oxidation sites excluding steroid dienone is 3. The molecule has 0 saturated carbocycles. The fourth-order valence-corrected chi connectivity index (χ4v) is 5.15. The molecule has 0 fully saturated rings. The molecule has 188 valence electrons. The first-order valence-corrected chi connectivity index (χ1v) is 12.4. The van der Waals surface area contributed by atoms with Gasteiger partial charge in [-0.25, -0.2) is 0 Å². The molecule has 2 aromatic rings. The highest BCUT2D eigenvalue weighted by Gasteiger charge is 2.37. The number of anilines is 1. The Balaban J connectivity index is 1.54. The van der Waals surface area contributed by atoms with Gasteiger partial charge in [0.2, 0.25) is 7.28 Å². The van der Waals surface area contributed by atoms with E-state index in [2.05, 4.69) is 0 Å². The lowest BCUT2D eigenvalue weighted by molar-refractivity contribution is -0.134. The molecule has 2 aromatic carbocycles. The smallest absolute Gasteiger partial charge is 0.313 e. The van der Waals surface area contributed by atoms with Crippen LogP contribution in [0.5, 0.6) is 5.75 Å². The van der Waals surface area contributed by atoms with Crippen molar-refractivity contribution in [3.05, 3.63) is 80.3 Å². The van der Waals surface area contributed by atoms with Crippen LogP contribution in [-0.2, 0) is 22.7 Å². The standard InChI is InChI=1S/C27H27BClN5O3/c1-13-14(2)28-26-24(13)25(16-4-6-17(29)7-5-16)33-21(27(32)34(26)15(3)30)10-23(35)37-22-9-8-20(31)18-11-36-12-19(18)22/h4-9,21,28,30,32H,10-12,31H2,1-3H3/t21-/m0/s1. The zero-order valence-corrected chi connectivity index (χ0v) is 21.7. The van der Waals surface area contributed by atoms with E-state index in [0.29, 0.717) is 42.7 Å². The van der Waals surface area contributed by atoms with Crippen LogP contribution in [0.1, 0.15) is 43.9 Å². The largest absolute Gasteiger partial charge is 0.426 e. The van der Waals surface area contributed by atoms with Crippen LogP contribution in [-0.4, -0.2) is 41.6 Å². The van der Waals surface area contributed by atoms with Crippen LogP contribution in [0.15, 0.2) is 63.6 Å². The van der Waals surface area contributed by atoms with Gasteiger partial charge in [0.1, 0.15) is 23.5 Å². The van der Waals surface area contributed by atoms with E-state index >= 15 is 0 Å². The molecule has 3 aliphatic rings. The third-order valence-corrected chi connectivity index (χ3v) is 7.29. The summed E-state index contributed by atoms with van der Waals surface area (Å²) in [4.78, 5) is 19.7. The fraction of sp³-hybridized carbons (Fsp3) is 0.259. The highest BCUT2D eigenvalue weighted by Crippen LogP contribution is 2.36. The monoisotopic (exact) mass is 515 g/mol. The number of benzene rings is 2. The van der Waals surface area contributed by atoms with E-state index in [9.17, 15) is 4.79 Å². The van der Waals surface area contributed by atoms with Crippen molar-refractivity contribution in [3.63, 3.8) is 0 Å². The molecule has 0 saturated heterocycles. The fourth-order valence-electron chi connectivity index (χ4n) is 5.03. The lowest BCUT2D eigenvalue weighted by atomic mass is 9.69. The van der Waals surface area contributed by atoms with Crippen LogP contribution in [0.2, 0.25) is 5.02 Å². The van der Waals surface area contributed by atoms with Gasteiger partial charge in [-0.1, -0.05) is 41.7 Å². The average Bonchev–Trinajstić information content (AvgIpc) is 3.42. The number of nitrogens with one attached hydrogen (secondary N) is 2. The lowest BCUT2D eigenvalue weighted by Gasteiger charge is -2.27. The summed E-state index contributed by atoms with van der Waals surface area (Å²) in [6, 6.07) is 9.88. The molecule has 0 aliphatic carbocycles. The maximum atomic E-state index is 13.2. The summed E-state index contributed by atoms with van der Waals surface area (Å²) in [6.45, 7) is 6.42. The minimum Gasteiger partial charge on any atom is -0.426 e. The Kier molecular flexibility index (Phi) is 6.51. The van der Waals surface area contributed by atoms with E-state index in [4.69, 9.17) is 42.6 Å². The van der Waals surface area contributed by atoms with Crippen LogP contribution < -0.4 is 10.5 Å². The van der Waals surface area contributed by atoms with Crippen LogP contribution >= 0.6 is 11.6 Å². The molecule has 3 heterocycles. The second kappa shape index (κ2) is 9.65. The molecule has 0 radical (unpaired) electrons. The number of carbonyl (C=O) groups excluding carboxylic acids is 1. The van der Waals surface area contributed by atoms with Crippen molar-refractivity contribution in [3.8, 4) is 5.75 Å². The molecule has 0 aromatic heterocycles. The number of halogens is 1. The van der Waals surface area contributed by atoms with Gasteiger partial charge in [-0.15, -0.1) is 0 Å². The first kappa shape index (κ1) is 25.0. The molecule has 0 spiro atoms. The van der Waals surface area contributed by atoms with Crippen LogP contribution in [0.3, 0.4) is 0 Å². The number of carbonyl (C=O) groups is 1. The Morgan fingerprint density at radius 3 is 2.62 bits per heavy atom. The van der Waals surface area contributed by atoms with Gasteiger partial charge in [0.05, 0.1) is 25.3 Å². The van der Waals surface area contributed by atoms with Gasteiger partial charge in [-0.05, 0) is 43.7 Å². The maximum absolute atomic E-state index is 13.2. The van der Waals surface area contributed by atoms with E-state index in [1.54, 1.807) is 36.1 Å². The first-order valence-electron chi connectivity index (χ1n) is 12.0. The van der Waals surface area contributed by atoms with E-state index < -0.39 is 12.0 Å². The van der Waals surface area contributed by atoms with Gasteiger partial charge < -0.3 is 15.2 Å². The molecule has 37 heavy (non-hydrogen) atoms. The summed E-state index contributed by atoms with van der Waals surface area (Å²) in [5.41, 5.74) is 13.7. The molecule has 0 unspecified atom stereocenters. The minimum absolute atomic E-state index is 0.0641. The molecule has 0 bridgehead atoms. The summed E-state index contributed by atoms with van der Waals surface area (Å²) in [5, 5.41) is 18.1. The Labute approximate surface area is 221 Å². The number of ether oxygens (including phenoxy) is 2. The van der Waals surface area contributed by atoms with Crippen LogP contribution in [0.25, 0.3) is 0 Å². The number of nitrogens with two attached hydrogens (primary N) is 1. The highest BCUT2D eigenvalue weighted by molar-refractivity contribution is 6.58. The number of aliphatic imine (C=N–C) groups is 1. The Hall–Kier alpha value is -3.69. The summed E-state index contributed by atoms with van der Waals surface area (Å²) >= 11 is 6.15. The molecule has 1 atom stereocenters. The minimum atomic E-state index is -0.852. The first-order chi connectivity index (χ1) is 17.7.